The lowest BCUT2D eigenvalue weighted by Crippen LogP contribution is -2.47. The highest BCUT2D eigenvalue weighted by atomic mass is 16.5. The van der Waals surface area contributed by atoms with Crippen molar-refractivity contribution in [3.8, 4) is 0 Å². The van der Waals surface area contributed by atoms with Crippen molar-refractivity contribution in [2.75, 3.05) is 19.8 Å². The van der Waals surface area contributed by atoms with Gasteiger partial charge in [0.1, 0.15) is 0 Å². The van der Waals surface area contributed by atoms with E-state index < -0.39 is 0 Å². The lowest BCUT2D eigenvalue weighted by Gasteiger charge is -2.36. The summed E-state index contributed by atoms with van der Waals surface area (Å²) in [6.07, 6.45) is 4.27. The van der Waals surface area contributed by atoms with Crippen LogP contribution in [0.15, 0.2) is 0 Å². The SMILES string of the molecule is C1CC([C@@H]2COCCN2)C1. The van der Waals surface area contributed by atoms with E-state index in [0.29, 0.717) is 6.04 Å². The normalized spacial score (nSPS) is 35.4. The van der Waals surface area contributed by atoms with Gasteiger partial charge in [-0.25, -0.2) is 0 Å². The molecule has 0 unspecified atom stereocenters. The molecule has 1 aliphatic heterocycles. The zero-order chi connectivity index (χ0) is 6.81. The third-order valence-corrected chi connectivity index (χ3v) is 2.67. The van der Waals surface area contributed by atoms with Gasteiger partial charge in [-0.2, -0.15) is 0 Å². The molecule has 2 aliphatic rings. The number of ether oxygens (including phenoxy) is 1. The van der Waals surface area contributed by atoms with Gasteiger partial charge in [-0.3, -0.25) is 0 Å². The van der Waals surface area contributed by atoms with E-state index in [1.807, 2.05) is 0 Å². The van der Waals surface area contributed by atoms with Crippen molar-refractivity contribution >= 4 is 0 Å². The molecular weight excluding hydrogens is 126 g/mol. The summed E-state index contributed by atoms with van der Waals surface area (Å²) in [7, 11) is 0. The molecule has 1 saturated heterocycles. The highest BCUT2D eigenvalue weighted by molar-refractivity contribution is 4.83. The van der Waals surface area contributed by atoms with Gasteiger partial charge in [-0.1, -0.05) is 6.42 Å². The molecule has 0 aromatic rings. The molecule has 2 heteroatoms. The van der Waals surface area contributed by atoms with Crippen LogP contribution in [0.3, 0.4) is 0 Å². The van der Waals surface area contributed by atoms with E-state index in [-0.39, 0.29) is 0 Å². The second kappa shape index (κ2) is 2.89. The van der Waals surface area contributed by atoms with Crippen molar-refractivity contribution in [2.24, 2.45) is 5.92 Å². The molecular formula is C8H15NO. The van der Waals surface area contributed by atoms with Crippen LogP contribution in [0.25, 0.3) is 0 Å². The van der Waals surface area contributed by atoms with E-state index >= 15 is 0 Å². The van der Waals surface area contributed by atoms with E-state index in [0.717, 1.165) is 25.7 Å². The molecule has 0 spiro atoms. The van der Waals surface area contributed by atoms with Crippen molar-refractivity contribution in [3.05, 3.63) is 0 Å². The number of morpholine rings is 1. The molecule has 2 rings (SSSR count). The first kappa shape index (κ1) is 6.62. The van der Waals surface area contributed by atoms with Crippen LogP contribution in [0.2, 0.25) is 0 Å². The fraction of sp³-hybridized carbons (Fsp3) is 1.00. The predicted molar refractivity (Wildman–Crippen MR) is 40.0 cm³/mol. The van der Waals surface area contributed by atoms with E-state index in [2.05, 4.69) is 5.32 Å². The Morgan fingerprint density at radius 3 is 2.70 bits per heavy atom. The highest BCUT2D eigenvalue weighted by Gasteiger charge is 2.28. The third-order valence-electron chi connectivity index (χ3n) is 2.67. The number of hydrogen-bond donors (Lipinski definition) is 1. The van der Waals surface area contributed by atoms with Crippen molar-refractivity contribution in [3.63, 3.8) is 0 Å². The molecule has 10 heavy (non-hydrogen) atoms. The van der Waals surface area contributed by atoms with Gasteiger partial charge in [0.25, 0.3) is 0 Å². The first-order chi connectivity index (χ1) is 4.97. The van der Waals surface area contributed by atoms with Crippen molar-refractivity contribution in [1.82, 2.24) is 5.32 Å². The maximum absolute atomic E-state index is 5.38. The quantitative estimate of drug-likeness (QED) is 0.582. The minimum absolute atomic E-state index is 0.683. The van der Waals surface area contributed by atoms with Crippen LogP contribution in [-0.2, 0) is 4.74 Å². The Kier molecular flexibility index (Phi) is 1.91. The second-order valence-electron chi connectivity index (χ2n) is 3.33. The minimum atomic E-state index is 0.683. The van der Waals surface area contributed by atoms with Gasteiger partial charge in [0.05, 0.1) is 13.2 Å². The molecule has 1 heterocycles. The van der Waals surface area contributed by atoms with Crippen molar-refractivity contribution in [2.45, 2.75) is 25.3 Å². The van der Waals surface area contributed by atoms with E-state index in [9.17, 15) is 0 Å². The summed E-state index contributed by atoms with van der Waals surface area (Å²) >= 11 is 0. The van der Waals surface area contributed by atoms with Crippen LogP contribution in [0.1, 0.15) is 19.3 Å². The van der Waals surface area contributed by atoms with Crippen LogP contribution < -0.4 is 5.32 Å². The fourth-order valence-corrected chi connectivity index (χ4v) is 1.73. The highest BCUT2D eigenvalue weighted by Crippen LogP contribution is 2.30. The lowest BCUT2D eigenvalue weighted by atomic mass is 9.80. The zero-order valence-electron chi connectivity index (χ0n) is 6.31. The van der Waals surface area contributed by atoms with E-state index in [4.69, 9.17) is 4.74 Å². The van der Waals surface area contributed by atoms with Gasteiger partial charge in [-0.15, -0.1) is 0 Å². The molecule has 58 valence electrons. The molecule has 1 N–H and O–H groups in total. The van der Waals surface area contributed by atoms with Crippen molar-refractivity contribution in [1.29, 1.82) is 0 Å². The lowest BCUT2D eigenvalue weighted by molar-refractivity contribution is 0.0397. The summed E-state index contributed by atoms with van der Waals surface area (Å²) in [6, 6.07) is 0.683. The standard InChI is InChI=1S/C8H15NO/c1-2-7(3-1)8-6-10-5-4-9-8/h7-9H,1-6H2/t8-/m0/s1. The predicted octanol–water partition coefficient (Wildman–Crippen LogP) is 0.775. The molecule has 2 fully saturated rings. The summed E-state index contributed by atoms with van der Waals surface area (Å²) < 4.78 is 5.38. The third kappa shape index (κ3) is 1.18. The number of rotatable bonds is 1. The number of hydrogen-bond acceptors (Lipinski definition) is 2. The van der Waals surface area contributed by atoms with Crippen LogP contribution in [0.5, 0.6) is 0 Å². The van der Waals surface area contributed by atoms with E-state index in [1.54, 1.807) is 0 Å². The first-order valence-electron chi connectivity index (χ1n) is 4.28. The van der Waals surface area contributed by atoms with Gasteiger partial charge in [0.2, 0.25) is 0 Å². The molecule has 2 nitrogen and oxygen atoms in total. The molecule has 0 aromatic carbocycles. The molecule has 1 aliphatic carbocycles. The van der Waals surface area contributed by atoms with Gasteiger partial charge >= 0.3 is 0 Å². The molecule has 1 atom stereocenters. The summed E-state index contributed by atoms with van der Waals surface area (Å²) in [5.41, 5.74) is 0. The summed E-state index contributed by atoms with van der Waals surface area (Å²) in [5.74, 6) is 0.931. The Morgan fingerprint density at radius 1 is 1.30 bits per heavy atom. The molecule has 0 aromatic heterocycles. The number of nitrogens with one attached hydrogen (secondary N) is 1. The van der Waals surface area contributed by atoms with Crippen molar-refractivity contribution < 1.29 is 4.74 Å². The molecule has 0 amide bonds. The van der Waals surface area contributed by atoms with Gasteiger partial charge in [0.15, 0.2) is 0 Å². The summed E-state index contributed by atoms with van der Waals surface area (Å²) in [6.45, 7) is 2.91. The Hall–Kier alpha value is -0.0800. The van der Waals surface area contributed by atoms with Crippen LogP contribution in [-0.4, -0.2) is 25.8 Å². The summed E-state index contributed by atoms with van der Waals surface area (Å²) in [5, 5.41) is 3.50. The summed E-state index contributed by atoms with van der Waals surface area (Å²) in [4.78, 5) is 0. The van der Waals surface area contributed by atoms with Crippen LogP contribution in [0, 0.1) is 5.92 Å². The van der Waals surface area contributed by atoms with Crippen LogP contribution >= 0.6 is 0 Å². The molecule has 1 saturated carbocycles. The maximum Gasteiger partial charge on any atom is 0.0622 e. The first-order valence-corrected chi connectivity index (χ1v) is 4.28. The Balaban J connectivity index is 1.78. The fourth-order valence-electron chi connectivity index (χ4n) is 1.73. The smallest absolute Gasteiger partial charge is 0.0622 e. The molecule has 0 bridgehead atoms. The Labute approximate surface area is 61.9 Å². The Bertz CT molecular complexity index is 106. The minimum Gasteiger partial charge on any atom is -0.379 e. The van der Waals surface area contributed by atoms with Gasteiger partial charge in [-0.05, 0) is 18.8 Å². The largest absolute Gasteiger partial charge is 0.379 e. The Morgan fingerprint density at radius 2 is 2.20 bits per heavy atom. The van der Waals surface area contributed by atoms with Gasteiger partial charge < -0.3 is 10.1 Å². The van der Waals surface area contributed by atoms with Gasteiger partial charge in [0, 0.05) is 12.6 Å². The topological polar surface area (TPSA) is 21.3 Å². The van der Waals surface area contributed by atoms with Crippen LogP contribution in [0.4, 0.5) is 0 Å². The maximum atomic E-state index is 5.38. The average molecular weight is 141 g/mol. The molecule has 0 radical (unpaired) electrons. The average Bonchev–Trinajstić information content (AvgIpc) is 1.86. The van der Waals surface area contributed by atoms with E-state index in [1.165, 1.54) is 19.3 Å². The monoisotopic (exact) mass is 141 g/mol. The zero-order valence-corrected chi connectivity index (χ0v) is 6.31. The second-order valence-corrected chi connectivity index (χ2v) is 3.33.